The standard InChI is InChI=1S/C17H22N2OS/c1-3-21-17-18-15-7-5-4-6-14(15)16(20)19(17)13-10-8-12(2)9-11-13/h4-7,12-13H,3,8-11H2,1-2H3. The summed E-state index contributed by atoms with van der Waals surface area (Å²) in [5.74, 6) is 1.72. The largest absolute Gasteiger partial charge is 0.284 e. The van der Waals surface area contributed by atoms with Gasteiger partial charge < -0.3 is 0 Å². The summed E-state index contributed by atoms with van der Waals surface area (Å²) in [4.78, 5) is 17.7. The van der Waals surface area contributed by atoms with Crippen LogP contribution in [-0.2, 0) is 0 Å². The normalized spacial score (nSPS) is 22.6. The molecule has 4 heteroatoms. The summed E-state index contributed by atoms with van der Waals surface area (Å²) in [6.45, 7) is 4.42. The molecule has 1 saturated carbocycles. The number of benzene rings is 1. The maximum Gasteiger partial charge on any atom is 0.262 e. The monoisotopic (exact) mass is 302 g/mol. The first kappa shape index (κ1) is 14.6. The van der Waals surface area contributed by atoms with Crippen LogP contribution in [-0.4, -0.2) is 15.3 Å². The zero-order valence-electron chi connectivity index (χ0n) is 12.7. The van der Waals surface area contributed by atoms with Gasteiger partial charge in [0.2, 0.25) is 0 Å². The van der Waals surface area contributed by atoms with Crippen LogP contribution in [0.3, 0.4) is 0 Å². The van der Waals surface area contributed by atoms with Gasteiger partial charge >= 0.3 is 0 Å². The predicted molar refractivity (Wildman–Crippen MR) is 89.1 cm³/mol. The third kappa shape index (κ3) is 2.86. The Hall–Kier alpha value is -1.29. The fourth-order valence-electron chi connectivity index (χ4n) is 3.18. The van der Waals surface area contributed by atoms with Gasteiger partial charge in [-0.1, -0.05) is 37.7 Å². The molecule has 2 aromatic rings. The first-order valence-electron chi connectivity index (χ1n) is 7.84. The molecule has 0 radical (unpaired) electrons. The van der Waals surface area contributed by atoms with E-state index in [0.717, 1.165) is 40.6 Å². The van der Waals surface area contributed by atoms with Gasteiger partial charge in [-0.15, -0.1) is 0 Å². The Morgan fingerprint density at radius 3 is 2.67 bits per heavy atom. The van der Waals surface area contributed by atoms with Gasteiger partial charge in [-0.05, 0) is 49.5 Å². The van der Waals surface area contributed by atoms with Gasteiger partial charge in [0, 0.05) is 6.04 Å². The highest BCUT2D eigenvalue weighted by atomic mass is 32.2. The number of nitrogens with zero attached hydrogens (tertiary/aromatic N) is 2. The van der Waals surface area contributed by atoms with E-state index < -0.39 is 0 Å². The van der Waals surface area contributed by atoms with Crippen molar-refractivity contribution in [2.24, 2.45) is 5.92 Å². The lowest BCUT2D eigenvalue weighted by Gasteiger charge is -2.29. The molecule has 0 saturated heterocycles. The van der Waals surface area contributed by atoms with E-state index in [9.17, 15) is 4.79 Å². The number of hydrogen-bond acceptors (Lipinski definition) is 3. The lowest BCUT2D eigenvalue weighted by molar-refractivity contribution is 0.272. The SMILES string of the molecule is CCSc1nc2ccccc2c(=O)n1C1CCC(C)CC1. The van der Waals surface area contributed by atoms with Crippen molar-refractivity contribution < 1.29 is 0 Å². The highest BCUT2D eigenvalue weighted by Gasteiger charge is 2.24. The molecule has 0 unspecified atom stereocenters. The summed E-state index contributed by atoms with van der Waals surface area (Å²) < 4.78 is 1.97. The molecule has 3 nitrogen and oxygen atoms in total. The van der Waals surface area contributed by atoms with E-state index in [-0.39, 0.29) is 5.56 Å². The van der Waals surface area contributed by atoms with E-state index in [4.69, 9.17) is 4.98 Å². The first-order chi connectivity index (χ1) is 10.2. The molecule has 21 heavy (non-hydrogen) atoms. The third-order valence-corrected chi connectivity index (χ3v) is 5.23. The maximum atomic E-state index is 12.9. The van der Waals surface area contributed by atoms with Crippen molar-refractivity contribution in [3.8, 4) is 0 Å². The molecule has 0 amide bonds. The molecule has 0 bridgehead atoms. The molecule has 1 aromatic heterocycles. The van der Waals surface area contributed by atoms with Crippen molar-refractivity contribution in [3.63, 3.8) is 0 Å². The minimum Gasteiger partial charge on any atom is -0.284 e. The Bertz CT molecular complexity index is 687. The van der Waals surface area contributed by atoms with Crippen LogP contribution < -0.4 is 5.56 Å². The van der Waals surface area contributed by atoms with Crippen LogP contribution in [0.15, 0.2) is 34.2 Å². The van der Waals surface area contributed by atoms with E-state index >= 15 is 0 Å². The van der Waals surface area contributed by atoms with Gasteiger partial charge in [0.1, 0.15) is 0 Å². The predicted octanol–water partition coefficient (Wildman–Crippen LogP) is 4.26. The Kier molecular flexibility index (Phi) is 4.34. The molecule has 0 aliphatic heterocycles. The Balaban J connectivity index is 2.12. The summed E-state index contributed by atoms with van der Waals surface area (Å²) in [6.07, 6.45) is 4.61. The second-order valence-electron chi connectivity index (χ2n) is 5.93. The van der Waals surface area contributed by atoms with Crippen LogP contribution in [0.25, 0.3) is 10.9 Å². The smallest absolute Gasteiger partial charge is 0.262 e. The van der Waals surface area contributed by atoms with E-state index in [1.807, 2.05) is 28.8 Å². The topological polar surface area (TPSA) is 34.9 Å². The van der Waals surface area contributed by atoms with Crippen molar-refractivity contribution in [2.75, 3.05) is 5.75 Å². The molecule has 1 heterocycles. The van der Waals surface area contributed by atoms with Crippen molar-refractivity contribution >= 4 is 22.7 Å². The maximum absolute atomic E-state index is 12.9. The van der Waals surface area contributed by atoms with Gasteiger partial charge in [0.25, 0.3) is 5.56 Å². The second-order valence-corrected chi connectivity index (χ2v) is 7.16. The molecule has 1 fully saturated rings. The number of hydrogen-bond donors (Lipinski definition) is 0. The molecule has 112 valence electrons. The van der Waals surface area contributed by atoms with Crippen LogP contribution in [0, 0.1) is 5.92 Å². The first-order valence-corrected chi connectivity index (χ1v) is 8.83. The molecule has 3 rings (SSSR count). The van der Waals surface area contributed by atoms with Crippen molar-refractivity contribution in [3.05, 3.63) is 34.6 Å². The van der Waals surface area contributed by atoms with Gasteiger partial charge in [0.05, 0.1) is 10.9 Å². The fourth-order valence-corrected chi connectivity index (χ4v) is 3.97. The summed E-state index contributed by atoms with van der Waals surface area (Å²) >= 11 is 1.68. The number of fused-ring (bicyclic) bond motifs is 1. The molecule has 0 atom stereocenters. The van der Waals surface area contributed by atoms with Crippen molar-refractivity contribution in [1.29, 1.82) is 0 Å². The summed E-state index contributed by atoms with van der Waals surface area (Å²) in [6, 6.07) is 8.02. The van der Waals surface area contributed by atoms with Gasteiger partial charge in [-0.3, -0.25) is 9.36 Å². The second kappa shape index (κ2) is 6.22. The third-order valence-electron chi connectivity index (χ3n) is 4.40. The zero-order valence-corrected chi connectivity index (χ0v) is 13.5. The Morgan fingerprint density at radius 1 is 1.24 bits per heavy atom. The zero-order chi connectivity index (χ0) is 14.8. The van der Waals surface area contributed by atoms with E-state index in [0.29, 0.717) is 6.04 Å². The van der Waals surface area contributed by atoms with Crippen molar-refractivity contribution in [1.82, 2.24) is 9.55 Å². The molecule has 0 N–H and O–H groups in total. The summed E-state index contributed by atoms with van der Waals surface area (Å²) in [7, 11) is 0. The average molecular weight is 302 g/mol. The Labute approximate surface area is 129 Å². The van der Waals surface area contributed by atoms with Gasteiger partial charge in [-0.2, -0.15) is 0 Å². The molecule has 0 spiro atoms. The number of aromatic nitrogens is 2. The molecular weight excluding hydrogens is 280 g/mol. The lowest BCUT2D eigenvalue weighted by Crippen LogP contribution is -2.30. The van der Waals surface area contributed by atoms with E-state index in [2.05, 4.69) is 13.8 Å². The number of para-hydroxylation sites is 1. The highest BCUT2D eigenvalue weighted by Crippen LogP contribution is 2.33. The van der Waals surface area contributed by atoms with Crippen LogP contribution in [0.2, 0.25) is 0 Å². The van der Waals surface area contributed by atoms with Crippen molar-refractivity contribution in [2.45, 2.75) is 50.7 Å². The van der Waals surface area contributed by atoms with Crippen LogP contribution >= 0.6 is 11.8 Å². The van der Waals surface area contributed by atoms with E-state index in [1.54, 1.807) is 11.8 Å². The highest BCUT2D eigenvalue weighted by molar-refractivity contribution is 7.99. The quantitative estimate of drug-likeness (QED) is 0.627. The number of thioether (sulfide) groups is 1. The molecule has 1 aliphatic rings. The average Bonchev–Trinajstić information content (AvgIpc) is 2.49. The summed E-state index contributed by atoms with van der Waals surface area (Å²) in [5.41, 5.74) is 0.954. The summed E-state index contributed by atoms with van der Waals surface area (Å²) in [5, 5.41) is 1.64. The number of rotatable bonds is 3. The van der Waals surface area contributed by atoms with Crippen LogP contribution in [0.1, 0.15) is 45.6 Å². The Morgan fingerprint density at radius 2 is 1.95 bits per heavy atom. The lowest BCUT2D eigenvalue weighted by atomic mass is 9.87. The van der Waals surface area contributed by atoms with Crippen LogP contribution in [0.4, 0.5) is 0 Å². The fraction of sp³-hybridized carbons (Fsp3) is 0.529. The molecule has 1 aromatic carbocycles. The van der Waals surface area contributed by atoms with E-state index in [1.165, 1.54) is 12.8 Å². The van der Waals surface area contributed by atoms with Gasteiger partial charge in [-0.25, -0.2) is 4.98 Å². The van der Waals surface area contributed by atoms with Crippen LogP contribution in [0.5, 0.6) is 0 Å². The minimum absolute atomic E-state index is 0.135. The molecular formula is C17H22N2OS. The minimum atomic E-state index is 0.135. The van der Waals surface area contributed by atoms with Gasteiger partial charge in [0.15, 0.2) is 5.16 Å². The molecule has 1 aliphatic carbocycles.